The number of fused-ring (bicyclic) bond motifs is 1. The summed E-state index contributed by atoms with van der Waals surface area (Å²) in [7, 11) is -3.71. The highest BCUT2D eigenvalue weighted by molar-refractivity contribution is 7.89. The molecule has 4 aromatic rings. The normalized spacial score (nSPS) is 11.7. The third-order valence-electron chi connectivity index (χ3n) is 4.98. The number of thiophene rings is 1. The number of aryl methyl sites for hydroxylation is 2. The summed E-state index contributed by atoms with van der Waals surface area (Å²) in [4.78, 5) is 19.2. The molecule has 3 heterocycles. The first-order valence-electron chi connectivity index (χ1n) is 9.68. The number of aromatic nitrogens is 2. The Kier molecular flexibility index (Phi) is 5.65. The van der Waals surface area contributed by atoms with E-state index in [0.29, 0.717) is 17.8 Å². The fourth-order valence-electron chi connectivity index (χ4n) is 3.55. The second-order valence-electron chi connectivity index (χ2n) is 7.33. The van der Waals surface area contributed by atoms with Gasteiger partial charge in [-0.1, -0.05) is 12.1 Å². The first-order valence-corrected chi connectivity index (χ1v) is 12.0. The Hall–Kier alpha value is -3.01. The van der Waals surface area contributed by atoms with E-state index in [-0.39, 0.29) is 10.8 Å². The maximum absolute atomic E-state index is 13.1. The number of amides is 1. The molecule has 1 amide bonds. The van der Waals surface area contributed by atoms with Gasteiger partial charge >= 0.3 is 0 Å². The van der Waals surface area contributed by atoms with Crippen LogP contribution in [-0.2, 0) is 16.4 Å². The minimum absolute atomic E-state index is 0.0695. The molecule has 0 atom stereocenters. The lowest BCUT2D eigenvalue weighted by molar-refractivity contribution is 0.0958. The maximum Gasteiger partial charge on any atom is 0.263 e. The summed E-state index contributed by atoms with van der Waals surface area (Å²) in [6, 6.07) is 12.2. The molecular formula is C22H22N4O3S2. The van der Waals surface area contributed by atoms with Crippen molar-refractivity contribution in [1.29, 1.82) is 0 Å². The summed E-state index contributed by atoms with van der Waals surface area (Å²) < 4.78 is 24.7. The minimum atomic E-state index is -3.71. The zero-order valence-electron chi connectivity index (χ0n) is 17.1. The van der Waals surface area contributed by atoms with Crippen LogP contribution in [0.25, 0.3) is 15.9 Å². The van der Waals surface area contributed by atoms with Gasteiger partial charge in [-0.2, -0.15) is 0 Å². The molecule has 3 aromatic heterocycles. The molecule has 9 heteroatoms. The number of nitrogens with one attached hydrogen (secondary N) is 1. The molecule has 3 N–H and O–H groups in total. The fourth-order valence-corrected chi connectivity index (χ4v) is 5.28. The molecule has 0 unspecified atom stereocenters. The Morgan fingerprint density at radius 1 is 1.16 bits per heavy atom. The van der Waals surface area contributed by atoms with Gasteiger partial charge in [-0.3, -0.25) is 4.79 Å². The van der Waals surface area contributed by atoms with Gasteiger partial charge in [0, 0.05) is 30.0 Å². The third-order valence-corrected chi connectivity index (χ3v) is 6.98. The molecule has 0 spiro atoms. The quantitative estimate of drug-likeness (QED) is 0.466. The van der Waals surface area contributed by atoms with Gasteiger partial charge in [0.05, 0.1) is 10.6 Å². The van der Waals surface area contributed by atoms with Gasteiger partial charge in [-0.15, -0.1) is 11.3 Å². The summed E-state index contributed by atoms with van der Waals surface area (Å²) in [5.74, 6) is -0.162. The Morgan fingerprint density at radius 2 is 1.84 bits per heavy atom. The van der Waals surface area contributed by atoms with Crippen LogP contribution in [0.2, 0.25) is 0 Å². The zero-order valence-corrected chi connectivity index (χ0v) is 18.8. The van der Waals surface area contributed by atoms with Crippen molar-refractivity contribution >= 4 is 37.5 Å². The van der Waals surface area contributed by atoms with Crippen molar-refractivity contribution in [2.75, 3.05) is 6.54 Å². The van der Waals surface area contributed by atoms with Crippen molar-refractivity contribution < 1.29 is 13.2 Å². The first-order chi connectivity index (χ1) is 14.7. The number of carbonyl (C=O) groups is 1. The van der Waals surface area contributed by atoms with Crippen LogP contribution in [0.5, 0.6) is 0 Å². The molecule has 0 saturated carbocycles. The van der Waals surface area contributed by atoms with E-state index in [0.717, 1.165) is 32.7 Å². The Morgan fingerprint density at radius 3 is 2.48 bits per heavy atom. The standard InChI is InChI=1S/C22H22N4O3S2/c1-14-13-15(2)25-22-18(14)19(26-11-3-4-12-26)20(30-22)21(27)24-10-9-16-5-7-17(8-6-16)31(23,28)29/h3-8,11-13H,9-10H2,1-2H3,(H,24,27)(H2,23,28,29). The number of rotatable bonds is 6. The molecule has 31 heavy (non-hydrogen) atoms. The molecular weight excluding hydrogens is 432 g/mol. The highest BCUT2D eigenvalue weighted by Crippen LogP contribution is 2.35. The first kappa shape index (κ1) is 21.2. The monoisotopic (exact) mass is 454 g/mol. The van der Waals surface area contributed by atoms with Crippen LogP contribution >= 0.6 is 11.3 Å². The predicted molar refractivity (Wildman–Crippen MR) is 122 cm³/mol. The maximum atomic E-state index is 13.1. The molecule has 0 aliphatic rings. The molecule has 160 valence electrons. The number of hydrogen-bond acceptors (Lipinski definition) is 5. The van der Waals surface area contributed by atoms with Crippen molar-refractivity contribution in [3.63, 3.8) is 0 Å². The second kappa shape index (κ2) is 8.26. The van der Waals surface area contributed by atoms with Crippen LogP contribution in [0, 0.1) is 13.8 Å². The lowest BCUT2D eigenvalue weighted by atomic mass is 10.1. The number of nitrogens with two attached hydrogens (primary N) is 1. The van der Waals surface area contributed by atoms with Crippen molar-refractivity contribution in [2.24, 2.45) is 5.14 Å². The van der Waals surface area contributed by atoms with Crippen molar-refractivity contribution in [2.45, 2.75) is 25.2 Å². The average Bonchev–Trinajstić information content (AvgIpc) is 3.35. The molecule has 0 bridgehead atoms. The Bertz CT molecular complexity index is 1360. The zero-order chi connectivity index (χ0) is 22.2. The van der Waals surface area contributed by atoms with Crippen LogP contribution in [0.3, 0.4) is 0 Å². The molecule has 0 aliphatic carbocycles. The van der Waals surface area contributed by atoms with Gasteiger partial charge in [0.25, 0.3) is 5.91 Å². The van der Waals surface area contributed by atoms with Gasteiger partial charge < -0.3 is 9.88 Å². The van der Waals surface area contributed by atoms with Gasteiger partial charge in [0.15, 0.2) is 0 Å². The van der Waals surface area contributed by atoms with Crippen LogP contribution in [-0.4, -0.2) is 30.4 Å². The van der Waals surface area contributed by atoms with E-state index in [4.69, 9.17) is 5.14 Å². The summed E-state index contributed by atoms with van der Waals surface area (Å²) in [5.41, 5.74) is 3.74. The second-order valence-corrected chi connectivity index (χ2v) is 9.89. The van der Waals surface area contributed by atoms with E-state index >= 15 is 0 Å². The largest absolute Gasteiger partial charge is 0.351 e. The highest BCUT2D eigenvalue weighted by atomic mass is 32.2. The number of pyridine rings is 1. The van der Waals surface area contributed by atoms with Crippen molar-refractivity contribution in [3.8, 4) is 5.69 Å². The van der Waals surface area contributed by atoms with E-state index in [9.17, 15) is 13.2 Å². The molecule has 7 nitrogen and oxygen atoms in total. The molecule has 4 rings (SSSR count). The van der Waals surface area contributed by atoms with Crippen LogP contribution < -0.4 is 10.5 Å². The topological polar surface area (TPSA) is 107 Å². The van der Waals surface area contributed by atoms with Crippen molar-refractivity contribution in [1.82, 2.24) is 14.9 Å². The summed E-state index contributed by atoms with van der Waals surface area (Å²) in [6.07, 6.45) is 4.41. The highest BCUT2D eigenvalue weighted by Gasteiger charge is 2.22. The number of primary sulfonamides is 1. The summed E-state index contributed by atoms with van der Waals surface area (Å²) >= 11 is 1.38. The van der Waals surface area contributed by atoms with E-state index in [2.05, 4.69) is 10.3 Å². The predicted octanol–water partition coefficient (Wildman–Crippen LogP) is 3.32. The summed E-state index contributed by atoms with van der Waals surface area (Å²) in [5, 5.41) is 9.09. The fraction of sp³-hybridized carbons (Fsp3) is 0.182. The molecule has 1 aromatic carbocycles. The van der Waals surface area contributed by atoms with E-state index < -0.39 is 10.0 Å². The molecule has 0 fully saturated rings. The smallest absolute Gasteiger partial charge is 0.263 e. The SMILES string of the molecule is Cc1cc(C)c2c(-n3cccc3)c(C(=O)NCCc3ccc(S(N)(=O)=O)cc3)sc2n1. The third kappa shape index (κ3) is 4.39. The molecule has 0 saturated heterocycles. The summed E-state index contributed by atoms with van der Waals surface area (Å²) in [6.45, 7) is 4.39. The number of nitrogens with zero attached hydrogens (tertiary/aromatic N) is 2. The lowest BCUT2D eigenvalue weighted by Crippen LogP contribution is -2.25. The number of carbonyl (C=O) groups excluding carboxylic acids is 1. The Balaban J connectivity index is 1.57. The molecule has 0 aliphatic heterocycles. The van der Waals surface area contributed by atoms with Gasteiger partial charge in [-0.25, -0.2) is 18.5 Å². The van der Waals surface area contributed by atoms with Crippen molar-refractivity contribution in [3.05, 3.63) is 76.6 Å². The van der Waals surface area contributed by atoms with Gasteiger partial charge in [0.2, 0.25) is 10.0 Å². The lowest BCUT2D eigenvalue weighted by Gasteiger charge is -2.09. The van der Waals surface area contributed by atoms with E-state index in [1.54, 1.807) is 12.1 Å². The number of hydrogen-bond donors (Lipinski definition) is 2. The minimum Gasteiger partial charge on any atom is -0.351 e. The van der Waals surface area contributed by atoms with Gasteiger partial charge in [0.1, 0.15) is 9.71 Å². The van der Waals surface area contributed by atoms with E-state index in [1.165, 1.54) is 23.5 Å². The van der Waals surface area contributed by atoms with Crippen LogP contribution in [0.15, 0.2) is 59.8 Å². The van der Waals surface area contributed by atoms with Gasteiger partial charge in [-0.05, 0) is 61.7 Å². The molecule has 0 radical (unpaired) electrons. The van der Waals surface area contributed by atoms with Crippen LogP contribution in [0.4, 0.5) is 0 Å². The average molecular weight is 455 g/mol. The Labute approximate surface area is 184 Å². The number of sulfonamides is 1. The van der Waals surface area contributed by atoms with E-state index in [1.807, 2.05) is 49.0 Å². The number of benzene rings is 1. The van der Waals surface area contributed by atoms with Crippen LogP contribution in [0.1, 0.15) is 26.5 Å².